The number of aliphatic hydroxyl groups excluding tert-OH is 1. The van der Waals surface area contributed by atoms with Crippen LogP contribution in [0.5, 0.6) is 0 Å². The van der Waals surface area contributed by atoms with Crippen LogP contribution in [0.15, 0.2) is 48.5 Å². The number of rotatable bonds is 7. The quantitative estimate of drug-likeness (QED) is 0.795. The molecule has 1 amide bonds. The third-order valence-electron chi connectivity index (χ3n) is 4.32. The lowest BCUT2D eigenvalue weighted by atomic mass is 9.87. The molecule has 0 radical (unpaired) electrons. The fraction of sp³-hybridized carbons (Fsp3) is 0.409. The molecule has 0 aliphatic heterocycles. The van der Waals surface area contributed by atoms with E-state index in [4.69, 9.17) is 9.84 Å². The average molecular weight is 355 g/mol. The number of aliphatic hydroxyl groups is 1. The standard InChI is InChI=1S/C22H29NO3/c1-16-5-7-17(8-6-16)20(26-14-13-24)15-23-21(25)18-9-11-19(12-10-18)22(2,3)4/h5-12,20,24H,13-15H2,1-4H3,(H,23,25)/t20-/m0/s1. The van der Waals surface area contributed by atoms with Crippen LogP contribution in [0.25, 0.3) is 0 Å². The Morgan fingerprint density at radius 1 is 1.08 bits per heavy atom. The van der Waals surface area contributed by atoms with Crippen molar-refractivity contribution in [2.24, 2.45) is 0 Å². The van der Waals surface area contributed by atoms with Crippen molar-refractivity contribution in [3.8, 4) is 0 Å². The van der Waals surface area contributed by atoms with Gasteiger partial charge in [-0.1, -0.05) is 62.7 Å². The third-order valence-corrected chi connectivity index (χ3v) is 4.32. The van der Waals surface area contributed by atoms with Gasteiger partial charge in [-0.25, -0.2) is 0 Å². The second-order valence-electron chi connectivity index (χ2n) is 7.53. The van der Waals surface area contributed by atoms with E-state index in [1.54, 1.807) is 0 Å². The smallest absolute Gasteiger partial charge is 0.251 e. The van der Waals surface area contributed by atoms with Crippen LogP contribution in [-0.2, 0) is 10.2 Å². The average Bonchev–Trinajstić information content (AvgIpc) is 2.62. The van der Waals surface area contributed by atoms with Crippen molar-refractivity contribution in [3.05, 3.63) is 70.8 Å². The monoisotopic (exact) mass is 355 g/mol. The predicted octanol–water partition coefficient (Wildman–Crippen LogP) is 3.77. The molecular formula is C22H29NO3. The summed E-state index contributed by atoms with van der Waals surface area (Å²) in [6, 6.07) is 15.7. The van der Waals surface area contributed by atoms with Gasteiger partial charge in [0, 0.05) is 12.1 Å². The Kier molecular flexibility index (Phi) is 6.95. The van der Waals surface area contributed by atoms with Crippen molar-refractivity contribution in [2.75, 3.05) is 19.8 Å². The summed E-state index contributed by atoms with van der Waals surface area (Å²) in [6.45, 7) is 8.99. The van der Waals surface area contributed by atoms with Crippen molar-refractivity contribution >= 4 is 5.91 Å². The molecule has 4 heteroatoms. The van der Waals surface area contributed by atoms with E-state index in [0.717, 1.165) is 11.1 Å². The summed E-state index contributed by atoms with van der Waals surface area (Å²) in [5, 5.41) is 12.0. The Hall–Kier alpha value is -2.17. The fourth-order valence-corrected chi connectivity index (χ4v) is 2.66. The topological polar surface area (TPSA) is 58.6 Å². The zero-order chi connectivity index (χ0) is 19.2. The molecule has 0 fully saturated rings. The van der Waals surface area contributed by atoms with Gasteiger partial charge in [0.05, 0.1) is 19.3 Å². The molecule has 0 bridgehead atoms. The summed E-state index contributed by atoms with van der Waals surface area (Å²) in [5.41, 5.74) is 4.02. The lowest BCUT2D eigenvalue weighted by Crippen LogP contribution is -2.30. The lowest BCUT2D eigenvalue weighted by Gasteiger charge is -2.20. The fourth-order valence-electron chi connectivity index (χ4n) is 2.66. The molecule has 0 heterocycles. The predicted molar refractivity (Wildman–Crippen MR) is 104 cm³/mol. The number of hydrogen-bond donors (Lipinski definition) is 2. The zero-order valence-electron chi connectivity index (χ0n) is 16.1. The minimum atomic E-state index is -0.291. The molecule has 0 saturated heterocycles. The van der Waals surface area contributed by atoms with Gasteiger partial charge in [0.2, 0.25) is 0 Å². The minimum absolute atomic E-state index is 0.0510. The molecule has 140 valence electrons. The van der Waals surface area contributed by atoms with Gasteiger partial charge in [-0.3, -0.25) is 4.79 Å². The SMILES string of the molecule is Cc1ccc([C@H](CNC(=O)c2ccc(C(C)(C)C)cc2)OCCO)cc1. The normalized spacial score (nSPS) is 12.7. The Balaban J connectivity index is 2.02. The van der Waals surface area contributed by atoms with E-state index in [-0.39, 0.29) is 30.6 Å². The summed E-state index contributed by atoms with van der Waals surface area (Å²) in [7, 11) is 0. The van der Waals surface area contributed by atoms with Gasteiger partial charge in [0.15, 0.2) is 0 Å². The summed E-state index contributed by atoms with van der Waals surface area (Å²) >= 11 is 0. The van der Waals surface area contributed by atoms with Crippen molar-refractivity contribution < 1.29 is 14.6 Å². The molecule has 0 aromatic heterocycles. The molecule has 1 atom stereocenters. The minimum Gasteiger partial charge on any atom is -0.394 e. The van der Waals surface area contributed by atoms with Crippen LogP contribution in [0.2, 0.25) is 0 Å². The molecule has 0 aliphatic rings. The van der Waals surface area contributed by atoms with Crippen LogP contribution in [0, 0.1) is 6.92 Å². The van der Waals surface area contributed by atoms with Crippen LogP contribution in [-0.4, -0.2) is 30.8 Å². The summed E-state index contributed by atoms with van der Waals surface area (Å²) in [6.07, 6.45) is -0.291. The molecule has 0 unspecified atom stereocenters. The van der Waals surface area contributed by atoms with Crippen molar-refractivity contribution in [1.82, 2.24) is 5.32 Å². The molecule has 2 N–H and O–H groups in total. The first kappa shape index (κ1) is 20.1. The lowest BCUT2D eigenvalue weighted by molar-refractivity contribution is 0.0277. The van der Waals surface area contributed by atoms with Gasteiger partial charge >= 0.3 is 0 Å². The second kappa shape index (κ2) is 8.97. The number of nitrogens with one attached hydrogen (secondary N) is 1. The van der Waals surface area contributed by atoms with E-state index in [1.807, 2.05) is 55.5 Å². The Morgan fingerprint density at radius 3 is 2.23 bits per heavy atom. The van der Waals surface area contributed by atoms with Gasteiger partial charge in [0.1, 0.15) is 0 Å². The number of aryl methyl sites for hydroxylation is 1. The molecule has 26 heavy (non-hydrogen) atoms. The molecule has 0 spiro atoms. The van der Waals surface area contributed by atoms with Crippen LogP contribution >= 0.6 is 0 Å². The van der Waals surface area contributed by atoms with E-state index < -0.39 is 0 Å². The maximum absolute atomic E-state index is 12.5. The van der Waals surface area contributed by atoms with Gasteiger partial charge in [-0.05, 0) is 35.6 Å². The molecule has 0 aliphatic carbocycles. The first-order valence-corrected chi connectivity index (χ1v) is 8.99. The van der Waals surface area contributed by atoms with Crippen LogP contribution in [0.1, 0.15) is 53.9 Å². The highest BCUT2D eigenvalue weighted by atomic mass is 16.5. The van der Waals surface area contributed by atoms with Gasteiger partial charge in [-0.2, -0.15) is 0 Å². The van der Waals surface area contributed by atoms with E-state index in [9.17, 15) is 4.79 Å². The highest BCUT2D eigenvalue weighted by Gasteiger charge is 2.16. The second-order valence-corrected chi connectivity index (χ2v) is 7.53. The Labute approximate surface area is 156 Å². The van der Waals surface area contributed by atoms with Gasteiger partial charge in [0.25, 0.3) is 5.91 Å². The molecule has 2 rings (SSSR count). The molecule has 0 saturated carbocycles. The first-order valence-electron chi connectivity index (χ1n) is 8.99. The molecule has 2 aromatic rings. The molecule has 2 aromatic carbocycles. The van der Waals surface area contributed by atoms with E-state index >= 15 is 0 Å². The highest BCUT2D eigenvalue weighted by Crippen LogP contribution is 2.22. The third kappa shape index (κ3) is 5.68. The summed E-state index contributed by atoms with van der Waals surface area (Å²) in [4.78, 5) is 12.5. The van der Waals surface area contributed by atoms with Crippen molar-refractivity contribution in [3.63, 3.8) is 0 Å². The highest BCUT2D eigenvalue weighted by molar-refractivity contribution is 5.94. The van der Waals surface area contributed by atoms with Gasteiger partial charge in [-0.15, -0.1) is 0 Å². The number of amides is 1. The Bertz CT molecular complexity index is 700. The van der Waals surface area contributed by atoms with Crippen LogP contribution in [0.4, 0.5) is 0 Å². The van der Waals surface area contributed by atoms with E-state index in [1.165, 1.54) is 5.56 Å². The molecular weight excluding hydrogens is 326 g/mol. The number of carbonyl (C=O) groups is 1. The number of carbonyl (C=O) groups excluding carboxylic acids is 1. The van der Waals surface area contributed by atoms with Gasteiger partial charge < -0.3 is 15.2 Å². The van der Waals surface area contributed by atoms with Crippen molar-refractivity contribution in [1.29, 1.82) is 0 Å². The van der Waals surface area contributed by atoms with Crippen LogP contribution in [0.3, 0.4) is 0 Å². The Morgan fingerprint density at radius 2 is 1.69 bits per heavy atom. The summed E-state index contributed by atoms with van der Waals surface area (Å²) in [5.74, 6) is -0.129. The van der Waals surface area contributed by atoms with Crippen molar-refractivity contribution in [2.45, 2.75) is 39.2 Å². The number of benzene rings is 2. The molecule has 4 nitrogen and oxygen atoms in total. The maximum atomic E-state index is 12.5. The number of hydrogen-bond acceptors (Lipinski definition) is 3. The van der Waals surface area contributed by atoms with E-state index in [0.29, 0.717) is 12.1 Å². The zero-order valence-corrected chi connectivity index (χ0v) is 16.1. The largest absolute Gasteiger partial charge is 0.394 e. The van der Waals surface area contributed by atoms with Crippen LogP contribution < -0.4 is 5.32 Å². The first-order chi connectivity index (χ1) is 12.3. The number of ether oxygens (including phenoxy) is 1. The summed E-state index contributed by atoms with van der Waals surface area (Å²) < 4.78 is 5.70. The maximum Gasteiger partial charge on any atom is 0.251 e. The van der Waals surface area contributed by atoms with E-state index in [2.05, 4.69) is 26.1 Å².